The minimum absolute atomic E-state index is 0.106. The summed E-state index contributed by atoms with van der Waals surface area (Å²) in [6, 6.07) is 4.17. The normalized spacial score (nSPS) is 13.4. The number of alkyl halides is 3. The van der Waals surface area contributed by atoms with Crippen molar-refractivity contribution in [2.24, 2.45) is 5.92 Å². The number of aliphatic carboxylic acids is 1. The number of benzene rings is 1. The number of ether oxygens (including phenoxy) is 1. The maximum absolute atomic E-state index is 12.5. The molecule has 0 saturated heterocycles. The lowest BCUT2D eigenvalue weighted by molar-refractivity contribution is -0.147. The lowest BCUT2D eigenvalue weighted by Crippen LogP contribution is -2.32. The molecule has 3 nitrogen and oxygen atoms in total. The maximum Gasteiger partial charge on any atom is 0.416 e. The Bertz CT molecular complexity index is 427. The molecule has 0 fully saturated rings. The van der Waals surface area contributed by atoms with Gasteiger partial charge in [0.15, 0.2) is 6.10 Å². The summed E-state index contributed by atoms with van der Waals surface area (Å²) in [7, 11) is 0. The second-order valence-electron chi connectivity index (χ2n) is 4.15. The zero-order valence-corrected chi connectivity index (χ0v) is 9.86. The molecular weight excluding hydrogens is 249 g/mol. The first-order chi connectivity index (χ1) is 8.21. The molecule has 0 spiro atoms. The van der Waals surface area contributed by atoms with Crippen LogP contribution in [0.1, 0.15) is 19.4 Å². The number of halogens is 3. The van der Waals surface area contributed by atoms with Gasteiger partial charge in [0, 0.05) is 5.92 Å². The van der Waals surface area contributed by atoms with E-state index in [0.29, 0.717) is 0 Å². The van der Waals surface area contributed by atoms with Gasteiger partial charge in [0.2, 0.25) is 0 Å². The summed E-state index contributed by atoms with van der Waals surface area (Å²) >= 11 is 0. The van der Waals surface area contributed by atoms with Gasteiger partial charge in [0.25, 0.3) is 0 Å². The third-order valence-electron chi connectivity index (χ3n) is 2.27. The molecule has 0 heterocycles. The SMILES string of the molecule is CC(C)C(Oc1cccc(C(F)(F)F)c1)C(=O)O. The summed E-state index contributed by atoms with van der Waals surface area (Å²) in [5.41, 5.74) is -0.868. The van der Waals surface area contributed by atoms with E-state index >= 15 is 0 Å². The maximum atomic E-state index is 12.5. The second kappa shape index (κ2) is 5.29. The Kier molecular flexibility index (Phi) is 4.21. The van der Waals surface area contributed by atoms with Crippen LogP contribution in [0.15, 0.2) is 24.3 Å². The highest BCUT2D eigenvalue weighted by Crippen LogP contribution is 2.31. The van der Waals surface area contributed by atoms with Crippen molar-refractivity contribution in [2.45, 2.75) is 26.1 Å². The summed E-state index contributed by atoms with van der Waals surface area (Å²) in [5, 5.41) is 8.89. The van der Waals surface area contributed by atoms with Gasteiger partial charge < -0.3 is 9.84 Å². The lowest BCUT2D eigenvalue weighted by atomic mass is 10.1. The van der Waals surface area contributed by atoms with Gasteiger partial charge in [-0.15, -0.1) is 0 Å². The first kappa shape index (κ1) is 14.3. The zero-order valence-electron chi connectivity index (χ0n) is 9.86. The largest absolute Gasteiger partial charge is 0.478 e. The van der Waals surface area contributed by atoms with Crippen LogP contribution in [0.4, 0.5) is 13.2 Å². The van der Waals surface area contributed by atoms with Gasteiger partial charge in [-0.25, -0.2) is 4.79 Å². The van der Waals surface area contributed by atoms with E-state index in [1.54, 1.807) is 13.8 Å². The van der Waals surface area contributed by atoms with Gasteiger partial charge in [0.1, 0.15) is 5.75 Å². The molecule has 0 bridgehead atoms. The second-order valence-corrected chi connectivity index (χ2v) is 4.15. The molecule has 0 amide bonds. The molecular formula is C12H13F3O3. The molecule has 0 aliphatic carbocycles. The number of hydrogen-bond acceptors (Lipinski definition) is 2. The summed E-state index contributed by atoms with van der Waals surface area (Å²) in [4.78, 5) is 10.9. The van der Waals surface area contributed by atoms with Crippen molar-refractivity contribution in [3.8, 4) is 5.75 Å². The van der Waals surface area contributed by atoms with Crippen LogP contribution in [0, 0.1) is 5.92 Å². The van der Waals surface area contributed by atoms with Gasteiger partial charge in [0.05, 0.1) is 5.56 Å². The van der Waals surface area contributed by atoms with E-state index in [0.717, 1.165) is 12.1 Å². The quantitative estimate of drug-likeness (QED) is 0.906. The molecule has 0 aliphatic rings. The van der Waals surface area contributed by atoms with Crippen LogP contribution in [0.3, 0.4) is 0 Å². The van der Waals surface area contributed by atoms with Crippen molar-refractivity contribution < 1.29 is 27.8 Å². The van der Waals surface area contributed by atoms with E-state index in [9.17, 15) is 18.0 Å². The Labute approximate surface area is 102 Å². The fourth-order valence-corrected chi connectivity index (χ4v) is 1.36. The average molecular weight is 262 g/mol. The van der Waals surface area contributed by atoms with E-state index in [2.05, 4.69) is 0 Å². The van der Waals surface area contributed by atoms with Crippen molar-refractivity contribution in [3.05, 3.63) is 29.8 Å². The van der Waals surface area contributed by atoms with E-state index in [1.807, 2.05) is 0 Å². The lowest BCUT2D eigenvalue weighted by Gasteiger charge is -2.19. The van der Waals surface area contributed by atoms with Crippen molar-refractivity contribution in [3.63, 3.8) is 0 Å². The molecule has 1 rings (SSSR count). The highest BCUT2D eigenvalue weighted by Gasteiger charge is 2.31. The molecule has 18 heavy (non-hydrogen) atoms. The van der Waals surface area contributed by atoms with Crippen molar-refractivity contribution in [1.29, 1.82) is 0 Å². The van der Waals surface area contributed by atoms with Crippen LogP contribution < -0.4 is 4.74 Å². The Morgan fingerprint density at radius 3 is 2.39 bits per heavy atom. The smallest absolute Gasteiger partial charge is 0.416 e. The summed E-state index contributed by atoms with van der Waals surface area (Å²) in [6.07, 6.45) is -5.65. The highest BCUT2D eigenvalue weighted by molar-refractivity contribution is 5.73. The van der Waals surface area contributed by atoms with Crippen molar-refractivity contribution in [2.75, 3.05) is 0 Å². The fourth-order valence-electron chi connectivity index (χ4n) is 1.36. The first-order valence-corrected chi connectivity index (χ1v) is 5.28. The summed E-state index contributed by atoms with van der Waals surface area (Å²) in [6.45, 7) is 3.23. The zero-order chi connectivity index (χ0) is 13.9. The highest BCUT2D eigenvalue weighted by atomic mass is 19.4. The third kappa shape index (κ3) is 3.65. The van der Waals surface area contributed by atoms with Crippen LogP contribution in [0.2, 0.25) is 0 Å². The average Bonchev–Trinajstić information content (AvgIpc) is 2.24. The molecule has 0 aromatic heterocycles. The molecule has 0 saturated carbocycles. The van der Waals surface area contributed by atoms with Crippen LogP contribution in [-0.4, -0.2) is 17.2 Å². The van der Waals surface area contributed by atoms with Gasteiger partial charge in [-0.2, -0.15) is 13.2 Å². The molecule has 1 atom stereocenters. The number of hydrogen-bond donors (Lipinski definition) is 1. The third-order valence-corrected chi connectivity index (χ3v) is 2.27. The molecule has 0 aliphatic heterocycles. The summed E-state index contributed by atoms with van der Waals surface area (Å²) < 4.78 is 42.4. The Hall–Kier alpha value is -1.72. The number of carboxylic acid groups (broad SMARTS) is 1. The minimum Gasteiger partial charge on any atom is -0.478 e. The Morgan fingerprint density at radius 1 is 1.33 bits per heavy atom. The van der Waals surface area contributed by atoms with Crippen molar-refractivity contribution in [1.82, 2.24) is 0 Å². The predicted octanol–water partition coefficient (Wildman–Crippen LogP) is 3.19. The molecule has 0 radical (unpaired) electrons. The molecule has 6 heteroatoms. The molecule has 1 aromatic rings. The fraction of sp³-hybridized carbons (Fsp3) is 0.417. The van der Waals surface area contributed by atoms with Crippen LogP contribution in [0.25, 0.3) is 0 Å². The standard InChI is InChI=1S/C12H13F3O3/c1-7(2)10(11(16)17)18-9-5-3-4-8(6-9)12(13,14)15/h3-7,10H,1-2H3,(H,16,17). The monoisotopic (exact) mass is 262 g/mol. The molecule has 1 unspecified atom stereocenters. The van der Waals surface area contributed by atoms with E-state index in [-0.39, 0.29) is 11.7 Å². The van der Waals surface area contributed by atoms with Gasteiger partial charge in [-0.3, -0.25) is 0 Å². The van der Waals surface area contributed by atoms with E-state index < -0.39 is 23.8 Å². The van der Waals surface area contributed by atoms with Gasteiger partial charge in [-0.05, 0) is 18.2 Å². The first-order valence-electron chi connectivity index (χ1n) is 5.28. The van der Waals surface area contributed by atoms with Gasteiger partial charge in [-0.1, -0.05) is 19.9 Å². The van der Waals surface area contributed by atoms with Crippen LogP contribution in [-0.2, 0) is 11.0 Å². The Balaban J connectivity index is 2.94. The van der Waals surface area contributed by atoms with Crippen molar-refractivity contribution >= 4 is 5.97 Å². The number of rotatable bonds is 4. The topological polar surface area (TPSA) is 46.5 Å². The van der Waals surface area contributed by atoms with E-state index in [1.165, 1.54) is 12.1 Å². The van der Waals surface area contributed by atoms with Crippen LogP contribution in [0.5, 0.6) is 5.75 Å². The molecule has 1 aromatic carbocycles. The van der Waals surface area contributed by atoms with E-state index in [4.69, 9.17) is 9.84 Å². The Morgan fingerprint density at radius 2 is 1.94 bits per heavy atom. The predicted molar refractivity (Wildman–Crippen MR) is 58.3 cm³/mol. The number of carboxylic acids is 1. The number of carbonyl (C=O) groups is 1. The summed E-state index contributed by atoms with van der Waals surface area (Å²) in [5.74, 6) is -1.66. The van der Waals surface area contributed by atoms with Crippen LogP contribution >= 0.6 is 0 Å². The molecule has 1 N–H and O–H groups in total. The molecule has 100 valence electrons. The van der Waals surface area contributed by atoms with Gasteiger partial charge >= 0.3 is 12.1 Å². The minimum atomic E-state index is -4.48.